The number of amides is 3. The summed E-state index contributed by atoms with van der Waals surface area (Å²) in [5.74, 6) is -0.256. The largest absolute Gasteiger partial charge is 0.528 e. The minimum Gasteiger partial charge on any atom is -0.427 e. The van der Waals surface area contributed by atoms with Crippen molar-refractivity contribution in [2.45, 2.75) is 82.5 Å². The Morgan fingerprint density at radius 1 is 1.02 bits per heavy atom. The van der Waals surface area contributed by atoms with Crippen LogP contribution < -0.4 is 5.32 Å². The Kier molecular flexibility index (Phi) is 8.65. The van der Waals surface area contributed by atoms with Crippen molar-refractivity contribution >= 4 is 47.0 Å². The number of rotatable bonds is 6. The van der Waals surface area contributed by atoms with Gasteiger partial charge in [-0.1, -0.05) is 41.4 Å². The van der Waals surface area contributed by atoms with Crippen LogP contribution >= 0.6 is 23.2 Å². The Morgan fingerprint density at radius 2 is 1.71 bits per heavy atom. The smallest absolute Gasteiger partial charge is 0.427 e. The van der Waals surface area contributed by atoms with E-state index >= 15 is 0 Å². The molecule has 2 aromatic carbocycles. The Labute approximate surface area is 257 Å². The molecule has 1 saturated carbocycles. The number of nitrogens with one attached hydrogen (secondary N) is 1. The number of piperidine rings is 1. The number of hydrogen-bond donors (Lipinski definition) is 1. The van der Waals surface area contributed by atoms with E-state index in [4.69, 9.17) is 32.8 Å². The second-order valence-corrected chi connectivity index (χ2v) is 13.2. The second-order valence-electron chi connectivity index (χ2n) is 12.4. The highest BCUT2D eigenvalue weighted by atomic mass is 35.5. The van der Waals surface area contributed by atoms with Gasteiger partial charge in [0.15, 0.2) is 5.54 Å². The zero-order chi connectivity index (χ0) is 30.2. The Balaban J connectivity index is 1.42. The normalized spacial score (nSPS) is 21.2. The maximum atomic E-state index is 14.6. The van der Waals surface area contributed by atoms with Crippen molar-refractivity contribution in [1.82, 2.24) is 14.9 Å². The van der Waals surface area contributed by atoms with E-state index < -0.39 is 17.3 Å². The third-order valence-corrected chi connectivity index (χ3v) is 8.79. The first-order valence-electron chi connectivity index (χ1n) is 14.5. The second kappa shape index (κ2) is 11.9. The first-order valence-corrected chi connectivity index (χ1v) is 15.2. The van der Waals surface area contributed by atoms with Crippen LogP contribution in [0.25, 0.3) is 0 Å². The third kappa shape index (κ3) is 6.19. The van der Waals surface area contributed by atoms with Gasteiger partial charge < -0.3 is 24.7 Å². The van der Waals surface area contributed by atoms with E-state index in [9.17, 15) is 14.4 Å². The lowest BCUT2D eigenvalue weighted by molar-refractivity contribution is -0.155. The summed E-state index contributed by atoms with van der Waals surface area (Å²) in [6.07, 6.45) is 3.35. The van der Waals surface area contributed by atoms with Gasteiger partial charge in [0.05, 0.1) is 0 Å². The van der Waals surface area contributed by atoms with E-state index in [2.05, 4.69) is 5.32 Å². The Bertz CT molecular complexity index is 1350. The fourth-order valence-electron chi connectivity index (χ4n) is 6.07. The van der Waals surface area contributed by atoms with Crippen molar-refractivity contribution in [2.24, 2.45) is 0 Å². The van der Waals surface area contributed by atoms with Crippen LogP contribution in [-0.2, 0) is 26.3 Å². The number of carbonyl (C=O) groups excluding carboxylic acids is 3. The molecule has 3 amide bonds. The van der Waals surface area contributed by atoms with E-state index in [1.165, 1.54) is 0 Å². The summed E-state index contributed by atoms with van der Waals surface area (Å²) in [5.41, 5.74) is 0.271. The Morgan fingerprint density at radius 3 is 2.33 bits per heavy atom. The molecule has 11 heteroatoms. The van der Waals surface area contributed by atoms with Crippen LogP contribution in [0.1, 0.15) is 64.0 Å². The highest BCUT2D eigenvalue weighted by molar-refractivity contribution is 6.31. The minimum atomic E-state index is -1.28. The van der Waals surface area contributed by atoms with Crippen LogP contribution in [-0.4, -0.2) is 70.8 Å². The van der Waals surface area contributed by atoms with Gasteiger partial charge in [0.25, 0.3) is 5.91 Å². The quantitative estimate of drug-likeness (QED) is 0.367. The average molecular weight is 618 g/mol. The number of benzene rings is 2. The molecule has 2 heterocycles. The number of fused-ring (bicyclic) bond motifs is 1. The number of halogens is 2. The van der Waals surface area contributed by atoms with E-state index in [1.54, 1.807) is 56.0 Å². The van der Waals surface area contributed by atoms with E-state index in [-0.39, 0.29) is 30.4 Å². The molecular weight excluding hydrogens is 579 g/mol. The van der Waals surface area contributed by atoms with Gasteiger partial charge >= 0.3 is 12.2 Å². The molecule has 2 aromatic rings. The van der Waals surface area contributed by atoms with Crippen LogP contribution in [0.5, 0.6) is 0 Å². The first-order chi connectivity index (χ1) is 19.9. The molecular formula is C31H38Cl2N4O5. The number of carbonyl (C=O) groups is 3. The molecule has 1 aliphatic carbocycles. The number of ether oxygens (including phenoxy) is 1. The van der Waals surface area contributed by atoms with Gasteiger partial charge in [0, 0.05) is 59.9 Å². The van der Waals surface area contributed by atoms with Crippen molar-refractivity contribution in [1.29, 1.82) is 0 Å². The monoisotopic (exact) mass is 616 g/mol. The number of nitrogens with zero attached hydrogens (tertiary/aromatic N) is 3. The van der Waals surface area contributed by atoms with Gasteiger partial charge in [-0.3, -0.25) is 4.79 Å². The zero-order valence-electron chi connectivity index (χ0n) is 24.5. The maximum Gasteiger partial charge on any atom is 0.528 e. The van der Waals surface area contributed by atoms with Gasteiger partial charge in [0.1, 0.15) is 5.60 Å². The Hall–Kier alpha value is -3.01. The summed E-state index contributed by atoms with van der Waals surface area (Å²) < 4.78 is 5.27. The van der Waals surface area contributed by atoms with Crippen LogP contribution in [0.3, 0.4) is 0 Å². The van der Waals surface area contributed by atoms with Gasteiger partial charge in [-0.15, -0.1) is 5.06 Å². The van der Waals surface area contributed by atoms with E-state index in [1.807, 2.05) is 29.2 Å². The lowest BCUT2D eigenvalue weighted by Crippen LogP contribution is -2.64. The summed E-state index contributed by atoms with van der Waals surface area (Å²) in [6.45, 7) is 6.27. The standard InChI is InChI=1S/C31H38Cl2N4O5/c1-30(2,3)41-29(40)42-36-15-13-23(14-16-36)35(4)28(39)37(24-9-6-10-24)31(19-20-7-5-8-21(32)17-20)25-12-11-22(33)18-26(25)34-27(31)38/h5,7-8,11-12,17-18,23-24H,6,9-10,13-16,19H2,1-4H3,(H,34,38). The predicted octanol–water partition coefficient (Wildman–Crippen LogP) is 6.62. The van der Waals surface area contributed by atoms with Gasteiger partial charge in [0.2, 0.25) is 0 Å². The minimum absolute atomic E-state index is 0.0953. The summed E-state index contributed by atoms with van der Waals surface area (Å²) >= 11 is 12.7. The molecule has 2 aliphatic heterocycles. The number of hydroxylamine groups is 2. The van der Waals surface area contributed by atoms with Crippen molar-refractivity contribution in [3.05, 3.63) is 63.6 Å². The van der Waals surface area contributed by atoms with Crippen molar-refractivity contribution in [2.75, 3.05) is 25.5 Å². The van der Waals surface area contributed by atoms with Crippen molar-refractivity contribution < 1.29 is 24.0 Å². The maximum absolute atomic E-state index is 14.6. The predicted molar refractivity (Wildman–Crippen MR) is 161 cm³/mol. The van der Waals surface area contributed by atoms with Crippen LogP contribution in [0.15, 0.2) is 42.5 Å². The molecule has 42 heavy (non-hydrogen) atoms. The molecule has 1 saturated heterocycles. The molecule has 0 aromatic heterocycles. The summed E-state index contributed by atoms with van der Waals surface area (Å²) in [5, 5.41) is 5.68. The highest BCUT2D eigenvalue weighted by Gasteiger charge is 2.57. The molecule has 0 radical (unpaired) electrons. The molecule has 226 valence electrons. The van der Waals surface area contributed by atoms with Crippen LogP contribution in [0.4, 0.5) is 15.3 Å². The number of urea groups is 1. The molecule has 3 aliphatic rings. The lowest BCUT2D eigenvalue weighted by Gasteiger charge is -2.50. The number of hydrogen-bond acceptors (Lipinski definition) is 6. The van der Waals surface area contributed by atoms with E-state index in [0.29, 0.717) is 41.7 Å². The molecule has 9 nitrogen and oxygen atoms in total. The molecule has 1 N–H and O–H groups in total. The summed E-state index contributed by atoms with van der Waals surface area (Å²) in [6, 6.07) is 12.4. The SMILES string of the molecule is CN(C(=O)N(C1CCC1)C1(Cc2cccc(Cl)c2)C(=O)Nc2cc(Cl)ccc21)C1CCN(OC(=O)OC(C)(C)C)CC1. The molecule has 0 spiro atoms. The first kappa shape index (κ1) is 30.4. The summed E-state index contributed by atoms with van der Waals surface area (Å²) in [4.78, 5) is 49.8. The lowest BCUT2D eigenvalue weighted by atomic mass is 9.79. The molecule has 1 unspecified atom stereocenters. The zero-order valence-corrected chi connectivity index (χ0v) is 26.0. The highest BCUT2D eigenvalue weighted by Crippen LogP contribution is 2.48. The van der Waals surface area contributed by atoms with Crippen LogP contribution in [0.2, 0.25) is 10.0 Å². The van der Waals surface area contributed by atoms with Crippen molar-refractivity contribution in [3.63, 3.8) is 0 Å². The van der Waals surface area contributed by atoms with Gasteiger partial charge in [-0.25, -0.2) is 9.59 Å². The molecule has 2 fully saturated rings. The fraction of sp³-hybridized carbons (Fsp3) is 0.516. The topological polar surface area (TPSA) is 91.4 Å². The van der Waals surface area contributed by atoms with Crippen LogP contribution in [0, 0.1) is 0 Å². The van der Waals surface area contributed by atoms with E-state index in [0.717, 1.165) is 30.4 Å². The summed E-state index contributed by atoms with van der Waals surface area (Å²) in [7, 11) is 1.80. The average Bonchev–Trinajstić information content (AvgIpc) is 3.14. The third-order valence-electron chi connectivity index (χ3n) is 8.32. The van der Waals surface area contributed by atoms with Crippen molar-refractivity contribution in [3.8, 4) is 0 Å². The van der Waals surface area contributed by atoms with Gasteiger partial charge in [-0.2, -0.15) is 0 Å². The molecule has 5 rings (SSSR count). The fourth-order valence-corrected chi connectivity index (χ4v) is 6.45. The van der Waals surface area contributed by atoms with Gasteiger partial charge in [-0.05, 0) is 82.7 Å². The molecule has 1 atom stereocenters. The number of anilines is 1. The molecule has 0 bridgehead atoms.